The number of amides is 1. The summed E-state index contributed by atoms with van der Waals surface area (Å²) in [5, 5.41) is 21.9. The quantitative estimate of drug-likeness (QED) is 0.466. The third-order valence-electron chi connectivity index (χ3n) is 5.11. The zero-order valence-corrected chi connectivity index (χ0v) is 19.0. The average molecular weight is 469 g/mol. The van der Waals surface area contributed by atoms with E-state index in [0.29, 0.717) is 11.1 Å². The van der Waals surface area contributed by atoms with Gasteiger partial charge in [0.2, 0.25) is 5.91 Å². The van der Waals surface area contributed by atoms with Gasteiger partial charge in [-0.3, -0.25) is 9.10 Å². The maximum Gasteiger partial charge on any atom is 0.335 e. The molecule has 0 aliphatic heterocycles. The number of anilines is 1. The second-order valence-corrected chi connectivity index (χ2v) is 9.39. The van der Waals surface area contributed by atoms with Crippen LogP contribution < -0.4 is 9.62 Å². The minimum Gasteiger partial charge on any atom is -0.508 e. The lowest BCUT2D eigenvalue weighted by Crippen LogP contribution is -2.41. The molecular formula is C24H24N2O6S. The van der Waals surface area contributed by atoms with Crippen LogP contribution in [0.3, 0.4) is 0 Å². The van der Waals surface area contributed by atoms with E-state index in [1.165, 1.54) is 42.5 Å². The molecule has 0 radical (unpaired) electrons. The zero-order chi connectivity index (χ0) is 24.2. The predicted octanol–water partition coefficient (Wildman–Crippen LogP) is 3.22. The molecule has 3 rings (SSSR count). The molecule has 0 spiro atoms. The number of carbonyl (C=O) groups is 2. The van der Waals surface area contributed by atoms with Crippen molar-refractivity contribution in [3.63, 3.8) is 0 Å². The zero-order valence-electron chi connectivity index (χ0n) is 18.1. The minimum absolute atomic E-state index is 0.0119. The number of nitrogens with one attached hydrogen (secondary N) is 1. The van der Waals surface area contributed by atoms with Gasteiger partial charge in [0.15, 0.2) is 0 Å². The van der Waals surface area contributed by atoms with Crippen LogP contribution in [0, 0.1) is 13.8 Å². The summed E-state index contributed by atoms with van der Waals surface area (Å²) in [5.74, 6) is -1.77. The number of sulfonamides is 1. The number of rotatable bonds is 8. The lowest BCUT2D eigenvalue weighted by molar-refractivity contribution is -0.119. The van der Waals surface area contributed by atoms with Gasteiger partial charge in [-0.1, -0.05) is 35.9 Å². The third kappa shape index (κ3) is 5.50. The molecule has 1 amide bonds. The first-order valence-corrected chi connectivity index (χ1v) is 11.5. The van der Waals surface area contributed by atoms with Crippen molar-refractivity contribution in [1.82, 2.24) is 5.32 Å². The Labute approximate surface area is 192 Å². The first-order chi connectivity index (χ1) is 15.6. The Morgan fingerprint density at radius 1 is 0.970 bits per heavy atom. The molecular weight excluding hydrogens is 444 g/mol. The van der Waals surface area contributed by atoms with Crippen LogP contribution in [-0.4, -0.2) is 37.1 Å². The molecule has 0 aliphatic rings. The molecule has 3 aromatic carbocycles. The number of hydrogen-bond donors (Lipinski definition) is 3. The van der Waals surface area contributed by atoms with Crippen molar-refractivity contribution in [1.29, 1.82) is 0 Å². The van der Waals surface area contributed by atoms with Crippen molar-refractivity contribution < 1.29 is 28.2 Å². The van der Waals surface area contributed by atoms with E-state index in [2.05, 4.69) is 5.32 Å². The van der Waals surface area contributed by atoms with E-state index in [1.807, 2.05) is 6.92 Å². The normalized spacial score (nSPS) is 11.1. The van der Waals surface area contributed by atoms with Crippen LogP contribution in [0.5, 0.6) is 5.75 Å². The molecule has 3 N–H and O–H groups in total. The molecule has 0 atom stereocenters. The highest BCUT2D eigenvalue weighted by atomic mass is 32.2. The van der Waals surface area contributed by atoms with E-state index in [0.717, 1.165) is 9.87 Å². The van der Waals surface area contributed by atoms with Crippen LogP contribution in [0.2, 0.25) is 0 Å². The van der Waals surface area contributed by atoms with Gasteiger partial charge in [0.25, 0.3) is 10.0 Å². The number of carboxylic acid groups (broad SMARTS) is 1. The Balaban J connectivity index is 1.89. The summed E-state index contributed by atoms with van der Waals surface area (Å²) in [6, 6.07) is 16.8. The number of aromatic hydroxyl groups is 1. The summed E-state index contributed by atoms with van der Waals surface area (Å²) in [4.78, 5) is 23.9. The maximum atomic E-state index is 13.4. The lowest BCUT2D eigenvalue weighted by atomic mass is 10.1. The van der Waals surface area contributed by atoms with Crippen LogP contribution in [0.1, 0.15) is 27.0 Å². The molecule has 9 heteroatoms. The Hall–Kier alpha value is -3.85. The molecule has 172 valence electrons. The number of benzene rings is 3. The number of carbonyl (C=O) groups excluding carboxylic acids is 1. The highest BCUT2D eigenvalue weighted by Gasteiger charge is 2.28. The number of hydrogen-bond acceptors (Lipinski definition) is 5. The van der Waals surface area contributed by atoms with Gasteiger partial charge < -0.3 is 15.5 Å². The van der Waals surface area contributed by atoms with Crippen LogP contribution in [0.4, 0.5) is 5.69 Å². The molecule has 8 nitrogen and oxygen atoms in total. The first-order valence-electron chi connectivity index (χ1n) is 10.1. The molecule has 0 unspecified atom stereocenters. The second kappa shape index (κ2) is 9.74. The highest BCUT2D eigenvalue weighted by molar-refractivity contribution is 7.92. The van der Waals surface area contributed by atoms with Crippen molar-refractivity contribution in [2.24, 2.45) is 0 Å². The molecule has 0 aliphatic carbocycles. The molecule has 3 aromatic rings. The van der Waals surface area contributed by atoms with E-state index >= 15 is 0 Å². The molecule has 0 aromatic heterocycles. The fraction of sp³-hybridized carbons (Fsp3) is 0.167. The van der Waals surface area contributed by atoms with Gasteiger partial charge >= 0.3 is 5.97 Å². The van der Waals surface area contributed by atoms with Crippen molar-refractivity contribution in [3.8, 4) is 5.75 Å². The summed E-state index contributed by atoms with van der Waals surface area (Å²) in [6.07, 6.45) is 0. The van der Waals surface area contributed by atoms with Crippen LogP contribution in [-0.2, 0) is 21.4 Å². The van der Waals surface area contributed by atoms with Crippen molar-refractivity contribution >= 4 is 27.6 Å². The molecule has 0 fully saturated rings. The molecule has 0 bridgehead atoms. The Morgan fingerprint density at radius 3 is 2.30 bits per heavy atom. The van der Waals surface area contributed by atoms with E-state index in [9.17, 15) is 23.1 Å². The van der Waals surface area contributed by atoms with Gasteiger partial charge in [-0.15, -0.1) is 0 Å². The van der Waals surface area contributed by atoms with Crippen molar-refractivity contribution in [2.75, 3.05) is 10.8 Å². The Kier molecular flexibility index (Phi) is 7.03. The van der Waals surface area contributed by atoms with Gasteiger partial charge in [0, 0.05) is 12.1 Å². The number of aromatic carboxylic acids is 1. The van der Waals surface area contributed by atoms with Crippen LogP contribution in [0.15, 0.2) is 71.6 Å². The maximum absolute atomic E-state index is 13.4. The predicted molar refractivity (Wildman–Crippen MR) is 124 cm³/mol. The largest absolute Gasteiger partial charge is 0.508 e. The SMILES string of the molecule is Cc1ccc(S(=O)(=O)N(CC(=O)NCc2cccc(C(=O)O)c2)c2cccc(O)c2C)cc1. The Bertz CT molecular complexity index is 1290. The van der Waals surface area contributed by atoms with Gasteiger partial charge in [-0.2, -0.15) is 0 Å². The smallest absolute Gasteiger partial charge is 0.335 e. The van der Waals surface area contributed by atoms with E-state index < -0.39 is 28.4 Å². The third-order valence-corrected chi connectivity index (χ3v) is 6.88. The summed E-state index contributed by atoms with van der Waals surface area (Å²) < 4.78 is 27.8. The van der Waals surface area contributed by atoms with Crippen LogP contribution >= 0.6 is 0 Å². The molecule has 0 saturated heterocycles. The van der Waals surface area contributed by atoms with Crippen LogP contribution in [0.25, 0.3) is 0 Å². The molecule has 33 heavy (non-hydrogen) atoms. The highest BCUT2D eigenvalue weighted by Crippen LogP contribution is 2.31. The number of aryl methyl sites for hydroxylation is 1. The first kappa shape index (κ1) is 23.8. The Morgan fingerprint density at radius 2 is 1.64 bits per heavy atom. The fourth-order valence-corrected chi connectivity index (χ4v) is 4.70. The number of phenolic OH excluding ortho intramolecular Hbond substituents is 1. The average Bonchev–Trinajstić information content (AvgIpc) is 2.78. The van der Waals surface area contributed by atoms with E-state index in [-0.39, 0.29) is 28.4 Å². The summed E-state index contributed by atoms with van der Waals surface area (Å²) >= 11 is 0. The topological polar surface area (TPSA) is 124 Å². The fourth-order valence-electron chi connectivity index (χ4n) is 3.22. The minimum atomic E-state index is -4.12. The van der Waals surface area contributed by atoms with E-state index in [4.69, 9.17) is 5.11 Å². The monoisotopic (exact) mass is 468 g/mol. The van der Waals surface area contributed by atoms with E-state index in [1.54, 1.807) is 31.2 Å². The van der Waals surface area contributed by atoms with Gasteiger partial charge in [-0.25, -0.2) is 13.2 Å². The number of carboxylic acids is 1. The van der Waals surface area contributed by atoms with Gasteiger partial charge in [0.05, 0.1) is 16.1 Å². The van der Waals surface area contributed by atoms with Gasteiger partial charge in [0.1, 0.15) is 12.3 Å². The second-order valence-electron chi connectivity index (χ2n) is 7.53. The molecule has 0 heterocycles. The standard InChI is InChI=1S/C24H24N2O6S/c1-16-9-11-20(12-10-16)33(31,32)26(21-7-4-8-22(27)17(21)2)15-23(28)25-14-18-5-3-6-19(13-18)24(29)30/h3-13,27H,14-15H2,1-2H3,(H,25,28)(H,29,30). The lowest BCUT2D eigenvalue weighted by Gasteiger charge is -2.26. The number of phenols is 1. The number of nitrogens with zero attached hydrogens (tertiary/aromatic N) is 1. The summed E-state index contributed by atoms with van der Waals surface area (Å²) in [5.41, 5.74) is 2.02. The summed E-state index contributed by atoms with van der Waals surface area (Å²) in [6.45, 7) is 2.90. The molecule has 0 saturated carbocycles. The van der Waals surface area contributed by atoms with Crippen molar-refractivity contribution in [2.45, 2.75) is 25.3 Å². The van der Waals surface area contributed by atoms with Gasteiger partial charge in [-0.05, 0) is 55.8 Å². The van der Waals surface area contributed by atoms with Crippen molar-refractivity contribution in [3.05, 3.63) is 89.0 Å². The summed E-state index contributed by atoms with van der Waals surface area (Å²) in [7, 11) is -4.12.